The van der Waals surface area contributed by atoms with Crippen molar-refractivity contribution in [3.05, 3.63) is 46.9 Å². The first-order valence-electron chi connectivity index (χ1n) is 10.5. The van der Waals surface area contributed by atoms with E-state index in [1.807, 2.05) is 6.92 Å². The number of rotatable bonds is 7. The number of halogens is 1. The van der Waals surface area contributed by atoms with E-state index in [0.29, 0.717) is 54.1 Å². The van der Waals surface area contributed by atoms with E-state index < -0.39 is 10.0 Å². The number of piperazine rings is 1. The molecule has 176 valence electrons. The van der Waals surface area contributed by atoms with Crippen molar-refractivity contribution in [3.8, 4) is 10.7 Å². The molecule has 4 rings (SSSR count). The summed E-state index contributed by atoms with van der Waals surface area (Å²) in [5.41, 5.74) is 0.889. The monoisotopic (exact) mass is 493 g/mol. The van der Waals surface area contributed by atoms with Crippen molar-refractivity contribution in [3.63, 3.8) is 0 Å². The summed E-state index contributed by atoms with van der Waals surface area (Å²) in [6.07, 6.45) is 0.588. The van der Waals surface area contributed by atoms with Gasteiger partial charge in [-0.3, -0.25) is 4.79 Å². The largest absolute Gasteiger partial charge is 0.368 e. The number of aryl methyl sites for hydroxylation is 2. The van der Waals surface area contributed by atoms with E-state index in [-0.39, 0.29) is 23.2 Å². The number of hydrogen-bond acceptors (Lipinski definition) is 8. The molecule has 1 N–H and O–H groups in total. The highest BCUT2D eigenvalue weighted by Crippen LogP contribution is 2.32. The number of nitrogens with zero attached hydrogens (tertiary/aromatic N) is 4. The van der Waals surface area contributed by atoms with Gasteiger partial charge in [-0.05, 0) is 37.3 Å². The van der Waals surface area contributed by atoms with Crippen LogP contribution >= 0.6 is 11.3 Å². The van der Waals surface area contributed by atoms with Gasteiger partial charge in [-0.25, -0.2) is 17.5 Å². The van der Waals surface area contributed by atoms with Crippen LogP contribution in [0.2, 0.25) is 0 Å². The number of nitrogens with one attached hydrogen (secondary N) is 1. The zero-order chi connectivity index (χ0) is 23.6. The smallest absolute Gasteiger partial charge is 0.242 e. The second-order valence-electron chi connectivity index (χ2n) is 7.57. The van der Waals surface area contributed by atoms with Gasteiger partial charge in [0, 0.05) is 43.2 Å². The molecule has 3 heterocycles. The maximum Gasteiger partial charge on any atom is 0.242 e. The summed E-state index contributed by atoms with van der Waals surface area (Å²) in [5, 5.41) is 3.89. The minimum Gasteiger partial charge on any atom is -0.368 e. The molecule has 1 amide bonds. The Bertz CT molecular complexity index is 1230. The Morgan fingerprint density at radius 1 is 1.21 bits per heavy atom. The van der Waals surface area contributed by atoms with Crippen LogP contribution in [0.4, 0.5) is 10.1 Å². The van der Waals surface area contributed by atoms with Gasteiger partial charge in [0.25, 0.3) is 0 Å². The number of aromatic nitrogens is 2. The number of carbonyl (C=O) groups excluding carboxylic acids is 1. The molecule has 0 spiro atoms. The van der Waals surface area contributed by atoms with Crippen LogP contribution in [0, 0.1) is 12.7 Å². The van der Waals surface area contributed by atoms with E-state index in [2.05, 4.69) is 19.8 Å². The standard InChI is InChI=1S/C21H24FN5O4S2/c1-3-19-24-21(25-31-19)17-12-18(14(2)32-17)33(29,30)23-13-20(28)27-10-8-26(9-11-27)16-6-4-15(22)5-7-16/h4-7,12,23H,3,8-11,13H2,1-2H3. The lowest BCUT2D eigenvalue weighted by Crippen LogP contribution is -2.51. The number of thiophene rings is 1. The highest BCUT2D eigenvalue weighted by Gasteiger charge is 2.26. The molecule has 9 nitrogen and oxygen atoms in total. The molecule has 0 saturated carbocycles. The van der Waals surface area contributed by atoms with Gasteiger partial charge in [0.1, 0.15) is 5.82 Å². The second kappa shape index (κ2) is 9.57. The third kappa shape index (κ3) is 5.23. The van der Waals surface area contributed by atoms with Crippen LogP contribution in [0.3, 0.4) is 0 Å². The summed E-state index contributed by atoms with van der Waals surface area (Å²) in [6, 6.07) is 7.71. The molecule has 0 unspecified atom stereocenters. The van der Waals surface area contributed by atoms with Crippen molar-refractivity contribution in [1.82, 2.24) is 19.8 Å². The van der Waals surface area contributed by atoms with E-state index >= 15 is 0 Å². The van der Waals surface area contributed by atoms with Crippen molar-refractivity contribution < 1.29 is 22.1 Å². The van der Waals surface area contributed by atoms with Crippen molar-refractivity contribution in [2.45, 2.75) is 25.2 Å². The predicted molar refractivity (Wildman–Crippen MR) is 122 cm³/mol. The normalized spacial score (nSPS) is 14.6. The molecule has 1 aliphatic heterocycles. The van der Waals surface area contributed by atoms with Crippen LogP contribution in [-0.2, 0) is 21.2 Å². The van der Waals surface area contributed by atoms with Crippen LogP contribution in [0.1, 0.15) is 17.7 Å². The highest BCUT2D eigenvalue weighted by atomic mass is 32.2. The van der Waals surface area contributed by atoms with Crippen LogP contribution in [-0.4, -0.2) is 62.1 Å². The quantitative estimate of drug-likeness (QED) is 0.538. The molecule has 0 bridgehead atoms. The number of sulfonamides is 1. The van der Waals surface area contributed by atoms with Gasteiger partial charge in [0.2, 0.25) is 27.6 Å². The third-order valence-corrected chi connectivity index (χ3v) is 8.09. The van der Waals surface area contributed by atoms with Gasteiger partial charge in [0.15, 0.2) is 0 Å². The molecule has 0 radical (unpaired) electrons. The maximum absolute atomic E-state index is 13.1. The van der Waals surface area contributed by atoms with Gasteiger partial charge in [-0.2, -0.15) is 4.98 Å². The average molecular weight is 494 g/mol. The summed E-state index contributed by atoms with van der Waals surface area (Å²) < 4.78 is 46.3. The Morgan fingerprint density at radius 2 is 1.91 bits per heavy atom. The molecule has 1 saturated heterocycles. The number of carbonyl (C=O) groups is 1. The second-order valence-corrected chi connectivity index (χ2v) is 10.6. The fourth-order valence-corrected chi connectivity index (χ4v) is 6.04. The van der Waals surface area contributed by atoms with Gasteiger partial charge in [0.05, 0.1) is 16.3 Å². The van der Waals surface area contributed by atoms with Crippen LogP contribution < -0.4 is 9.62 Å². The number of hydrogen-bond donors (Lipinski definition) is 1. The summed E-state index contributed by atoms with van der Waals surface area (Å²) >= 11 is 1.25. The number of anilines is 1. The van der Waals surface area contributed by atoms with Crippen LogP contribution in [0.25, 0.3) is 10.7 Å². The molecule has 2 aromatic heterocycles. The van der Waals surface area contributed by atoms with Gasteiger partial charge in [-0.1, -0.05) is 12.1 Å². The van der Waals surface area contributed by atoms with Gasteiger partial charge < -0.3 is 14.3 Å². The molecule has 3 aromatic rings. The predicted octanol–water partition coefficient (Wildman–Crippen LogP) is 2.44. The molecule has 0 atom stereocenters. The Labute approximate surface area is 195 Å². The topological polar surface area (TPSA) is 109 Å². The third-order valence-electron chi connectivity index (χ3n) is 5.39. The average Bonchev–Trinajstić information content (AvgIpc) is 3.45. The molecule has 1 fully saturated rings. The molecular weight excluding hydrogens is 469 g/mol. The SMILES string of the molecule is CCc1nc(-c2cc(S(=O)(=O)NCC(=O)N3CCN(c4ccc(F)cc4)CC3)c(C)s2)no1. The zero-order valence-electron chi connectivity index (χ0n) is 18.2. The van der Waals surface area contributed by atoms with Crippen molar-refractivity contribution in [2.24, 2.45) is 0 Å². The fourth-order valence-electron chi connectivity index (χ4n) is 3.55. The zero-order valence-corrected chi connectivity index (χ0v) is 19.9. The molecule has 0 aliphatic carbocycles. The molecule has 1 aliphatic rings. The number of benzene rings is 1. The van der Waals surface area contributed by atoms with E-state index in [9.17, 15) is 17.6 Å². The summed E-state index contributed by atoms with van der Waals surface area (Å²) in [6.45, 7) is 5.33. The molecular formula is C21H24FN5O4S2. The molecule has 1 aromatic carbocycles. The van der Waals surface area contributed by atoms with E-state index in [0.717, 1.165) is 5.69 Å². The van der Waals surface area contributed by atoms with Crippen molar-refractivity contribution in [2.75, 3.05) is 37.6 Å². The minimum absolute atomic E-state index is 0.0966. The van der Waals surface area contributed by atoms with Crippen LogP contribution in [0.5, 0.6) is 0 Å². The van der Waals surface area contributed by atoms with E-state index in [1.165, 1.54) is 29.5 Å². The van der Waals surface area contributed by atoms with Crippen molar-refractivity contribution >= 4 is 33.0 Å². The Kier molecular flexibility index (Phi) is 6.77. The minimum atomic E-state index is -3.89. The Balaban J connectivity index is 1.35. The summed E-state index contributed by atoms with van der Waals surface area (Å²) in [4.78, 5) is 21.8. The highest BCUT2D eigenvalue weighted by molar-refractivity contribution is 7.89. The van der Waals surface area contributed by atoms with Crippen molar-refractivity contribution in [1.29, 1.82) is 0 Å². The van der Waals surface area contributed by atoms with E-state index in [1.54, 1.807) is 24.0 Å². The molecule has 12 heteroatoms. The summed E-state index contributed by atoms with van der Waals surface area (Å²) in [5.74, 6) is 0.229. The maximum atomic E-state index is 13.1. The lowest BCUT2D eigenvalue weighted by molar-refractivity contribution is -0.130. The Hall–Kier alpha value is -2.83. The lowest BCUT2D eigenvalue weighted by Gasteiger charge is -2.36. The van der Waals surface area contributed by atoms with Gasteiger partial charge in [-0.15, -0.1) is 11.3 Å². The number of amides is 1. The fraction of sp³-hybridized carbons (Fsp3) is 0.381. The Morgan fingerprint density at radius 3 is 2.55 bits per heavy atom. The first-order valence-corrected chi connectivity index (χ1v) is 12.8. The van der Waals surface area contributed by atoms with E-state index in [4.69, 9.17) is 4.52 Å². The first kappa shape index (κ1) is 23.3. The first-order chi connectivity index (χ1) is 15.8. The molecule has 33 heavy (non-hydrogen) atoms. The van der Waals surface area contributed by atoms with Gasteiger partial charge >= 0.3 is 0 Å². The van der Waals surface area contributed by atoms with Crippen LogP contribution in [0.15, 0.2) is 39.8 Å². The summed E-state index contributed by atoms with van der Waals surface area (Å²) in [7, 11) is -3.89. The lowest BCUT2D eigenvalue weighted by atomic mass is 10.2.